The topological polar surface area (TPSA) is 158 Å². The smallest absolute Gasteiger partial charge is 0.335 e. The third kappa shape index (κ3) is 4.00. The molecule has 0 spiro atoms. The molecule has 0 unspecified atom stereocenters. The molecule has 2 aliphatic heterocycles. The fraction of sp³-hybridized carbons (Fsp3) is 0.850. The van der Waals surface area contributed by atoms with Crippen LogP contribution < -0.4 is 5.32 Å². The SMILES string of the molecule is CC(C)[C@]1(C)SC(=N[C@H]2C[C@H]3C[C@@H]2C[C@@H]3O[C@@H]2O[C@H](C(=O)O)[C@@H](O)[C@H](O)[C@H]2O)NC1=O. The van der Waals surface area contributed by atoms with Crippen molar-refractivity contribution in [1.29, 1.82) is 0 Å². The van der Waals surface area contributed by atoms with Gasteiger partial charge >= 0.3 is 5.97 Å². The van der Waals surface area contributed by atoms with Gasteiger partial charge in [-0.2, -0.15) is 0 Å². The van der Waals surface area contributed by atoms with Gasteiger partial charge in [-0.3, -0.25) is 9.79 Å². The largest absolute Gasteiger partial charge is 0.479 e. The van der Waals surface area contributed by atoms with Crippen LogP contribution in [0.1, 0.15) is 40.0 Å². The van der Waals surface area contributed by atoms with Gasteiger partial charge in [0.05, 0.1) is 12.1 Å². The highest BCUT2D eigenvalue weighted by Gasteiger charge is 2.52. The maximum atomic E-state index is 12.4. The number of carboxylic acids is 1. The van der Waals surface area contributed by atoms with Crippen molar-refractivity contribution >= 4 is 28.8 Å². The average molecular weight is 459 g/mol. The highest BCUT2D eigenvalue weighted by Crippen LogP contribution is 2.49. The molecule has 31 heavy (non-hydrogen) atoms. The molecule has 2 bridgehead atoms. The molecule has 4 aliphatic rings. The number of carboxylic acid groups (broad SMARTS) is 1. The van der Waals surface area contributed by atoms with E-state index in [0.717, 1.165) is 12.8 Å². The molecule has 0 aromatic carbocycles. The summed E-state index contributed by atoms with van der Waals surface area (Å²) in [7, 11) is 0. The maximum absolute atomic E-state index is 12.4. The summed E-state index contributed by atoms with van der Waals surface area (Å²) in [6.45, 7) is 5.96. The normalized spacial score (nSPS) is 48.5. The number of carbonyl (C=O) groups is 2. The summed E-state index contributed by atoms with van der Waals surface area (Å²) in [5, 5.41) is 42.7. The van der Waals surface area contributed by atoms with Gasteiger partial charge in [-0.1, -0.05) is 25.6 Å². The molecular weight excluding hydrogens is 428 g/mol. The van der Waals surface area contributed by atoms with E-state index in [2.05, 4.69) is 5.32 Å². The minimum atomic E-state index is -1.73. The van der Waals surface area contributed by atoms with E-state index in [1.54, 1.807) is 0 Å². The van der Waals surface area contributed by atoms with Crippen molar-refractivity contribution in [2.45, 2.75) is 87.6 Å². The van der Waals surface area contributed by atoms with Crippen LogP contribution in [0, 0.1) is 17.8 Å². The molecule has 2 aliphatic carbocycles. The zero-order valence-electron chi connectivity index (χ0n) is 17.7. The molecule has 1 amide bonds. The summed E-state index contributed by atoms with van der Waals surface area (Å²) in [6.07, 6.45) is -5.91. The Morgan fingerprint density at radius 1 is 1.19 bits per heavy atom. The second-order valence-electron chi connectivity index (χ2n) is 9.46. The van der Waals surface area contributed by atoms with Crippen LogP contribution in [-0.4, -0.2) is 85.1 Å². The number of hydrogen-bond donors (Lipinski definition) is 5. The molecule has 4 rings (SSSR count). The lowest BCUT2D eigenvalue weighted by Crippen LogP contribution is -2.61. The first kappa shape index (κ1) is 22.9. The van der Waals surface area contributed by atoms with Crippen LogP contribution in [0.5, 0.6) is 0 Å². The number of carbonyl (C=O) groups excluding carboxylic acids is 1. The van der Waals surface area contributed by atoms with Crippen LogP contribution in [0.4, 0.5) is 0 Å². The summed E-state index contributed by atoms with van der Waals surface area (Å²) >= 11 is 1.47. The van der Waals surface area contributed by atoms with Crippen LogP contribution in [-0.2, 0) is 19.1 Å². The molecule has 4 fully saturated rings. The number of aliphatic hydroxyl groups excluding tert-OH is 3. The average Bonchev–Trinajstić information content (AvgIpc) is 3.35. The van der Waals surface area contributed by atoms with Gasteiger partial charge in [0.1, 0.15) is 23.1 Å². The van der Waals surface area contributed by atoms with Gasteiger partial charge in [-0.25, -0.2) is 4.79 Å². The van der Waals surface area contributed by atoms with Crippen LogP contribution in [0.3, 0.4) is 0 Å². The van der Waals surface area contributed by atoms with Gasteiger partial charge in [0, 0.05) is 0 Å². The number of aliphatic imine (C=N–C) groups is 1. The van der Waals surface area contributed by atoms with Gasteiger partial charge in [0.2, 0.25) is 5.91 Å². The lowest BCUT2D eigenvalue weighted by atomic mass is 9.93. The predicted molar refractivity (Wildman–Crippen MR) is 110 cm³/mol. The summed E-state index contributed by atoms with van der Waals surface area (Å²) in [5.41, 5.74) is 0. The molecular formula is C20H30N2O8S. The lowest BCUT2D eigenvalue weighted by Gasteiger charge is -2.40. The summed E-state index contributed by atoms with van der Waals surface area (Å²) < 4.78 is 10.6. The van der Waals surface area contributed by atoms with Crippen molar-refractivity contribution in [3.05, 3.63) is 0 Å². The molecule has 0 aromatic heterocycles. The minimum absolute atomic E-state index is 0.0206. The highest BCUT2D eigenvalue weighted by molar-refractivity contribution is 8.16. The molecule has 10 nitrogen and oxygen atoms in total. The Bertz CT molecular complexity index is 778. The Labute approximate surface area is 184 Å². The number of aliphatic hydroxyl groups is 3. The minimum Gasteiger partial charge on any atom is -0.479 e. The quantitative estimate of drug-likeness (QED) is 0.373. The van der Waals surface area contributed by atoms with E-state index in [-0.39, 0.29) is 35.8 Å². The first-order valence-electron chi connectivity index (χ1n) is 10.7. The Morgan fingerprint density at radius 3 is 2.45 bits per heavy atom. The predicted octanol–water partition coefficient (Wildman–Crippen LogP) is -0.304. The van der Waals surface area contributed by atoms with Gasteiger partial charge < -0.3 is 35.2 Å². The third-order valence-electron chi connectivity index (χ3n) is 7.24. The molecule has 2 saturated carbocycles. The van der Waals surface area contributed by atoms with E-state index < -0.39 is 41.4 Å². The van der Waals surface area contributed by atoms with Gasteiger partial charge in [-0.05, 0) is 43.9 Å². The molecule has 0 radical (unpaired) electrons. The van der Waals surface area contributed by atoms with E-state index in [0.29, 0.717) is 11.6 Å². The second kappa shape index (κ2) is 8.27. The molecule has 10 atom stereocenters. The summed E-state index contributed by atoms with van der Waals surface area (Å²) in [5.74, 6) is -0.875. The first-order chi connectivity index (χ1) is 14.5. The van der Waals surface area contributed by atoms with E-state index >= 15 is 0 Å². The molecule has 2 saturated heterocycles. The zero-order valence-corrected chi connectivity index (χ0v) is 18.5. The molecule has 0 aromatic rings. The number of nitrogens with zero attached hydrogens (tertiary/aromatic N) is 1. The van der Waals surface area contributed by atoms with E-state index in [9.17, 15) is 30.0 Å². The number of rotatable bonds is 5. The fourth-order valence-corrected chi connectivity index (χ4v) is 6.05. The summed E-state index contributed by atoms with van der Waals surface area (Å²) in [6, 6.07) is 0.0681. The summed E-state index contributed by atoms with van der Waals surface area (Å²) in [4.78, 5) is 28.4. The van der Waals surface area contributed by atoms with E-state index in [1.807, 2.05) is 20.8 Å². The first-order valence-corrected chi connectivity index (χ1v) is 11.5. The van der Waals surface area contributed by atoms with Crippen molar-refractivity contribution in [3.8, 4) is 0 Å². The van der Waals surface area contributed by atoms with Crippen LogP contribution >= 0.6 is 11.8 Å². The van der Waals surface area contributed by atoms with E-state index in [1.165, 1.54) is 11.8 Å². The van der Waals surface area contributed by atoms with Crippen molar-refractivity contribution in [2.24, 2.45) is 22.7 Å². The van der Waals surface area contributed by atoms with E-state index in [4.69, 9.17) is 14.5 Å². The lowest BCUT2D eigenvalue weighted by molar-refractivity contribution is -0.307. The maximum Gasteiger partial charge on any atom is 0.335 e. The number of ether oxygens (including phenoxy) is 2. The molecule has 174 valence electrons. The monoisotopic (exact) mass is 458 g/mol. The Morgan fingerprint density at radius 2 is 1.90 bits per heavy atom. The number of aliphatic carboxylic acids is 1. The van der Waals surface area contributed by atoms with Crippen molar-refractivity contribution in [1.82, 2.24) is 5.32 Å². The number of fused-ring (bicyclic) bond motifs is 2. The van der Waals surface area contributed by atoms with Crippen molar-refractivity contribution in [3.63, 3.8) is 0 Å². The standard InChI is InChI=1S/C20H30N2O8S/c1-7(2)20(3)18(28)22-19(31-20)21-10-5-9-4-8(10)6-11(9)29-17-14(25)12(23)13(24)15(30-17)16(26)27/h7-15,17,23-25H,4-6H2,1-3H3,(H,26,27)(H,21,22,28)/t8-,9-,10+,11+,12+,13+,14-,15+,17-,20+/m1/s1. The number of thioether (sulfide) groups is 1. The van der Waals surface area contributed by atoms with Gasteiger partial charge in [0.25, 0.3) is 0 Å². The second-order valence-corrected chi connectivity index (χ2v) is 10.9. The third-order valence-corrected chi connectivity index (χ3v) is 8.72. The molecule has 11 heteroatoms. The Balaban J connectivity index is 1.37. The van der Waals surface area contributed by atoms with Crippen LogP contribution in [0.2, 0.25) is 0 Å². The van der Waals surface area contributed by atoms with Crippen molar-refractivity contribution < 1.29 is 39.5 Å². The van der Waals surface area contributed by atoms with Crippen LogP contribution in [0.15, 0.2) is 4.99 Å². The molecule has 2 heterocycles. The van der Waals surface area contributed by atoms with Crippen molar-refractivity contribution in [2.75, 3.05) is 0 Å². The Kier molecular flexibility index (Phi) is 6.12. The zero-order chi connectivity index (χ0) is 22.7. The number of nitrogens with one attached hydrogen (secondary N) is 1. The highest BCUT2D eigenvalue weighted by atomic mass is 32.2. The Hall–Kier alpha value is -1.24. The van der Waals surface area contributed by atoms with Crippen LogP contribution in [0.25, 0.3) is 0 Å². The molecule has 5 N–H and O–H groups in total. The number of amides is 1. The van der Waals surface area contributed by atoms with Gasteiger partial charge in [-0.15, -0.1) is 0 Å². The fourth-order valence-electron chi connectivity index (χ4n) is 4.94. The number of amidine groups is 1. The van der Waals surface area contributed by atoms with Gasteiger partial charge in [0.15, 0.2) is 17.6 Å². The number of hydrogen-bond acceptors (Lipinski definition) is 9.